The van der Waals surface area contributed by atoms with Gasteiger partial charge in [0, 0.05) is 13.1 Å². The van der Waals surface area contributed by atoms with E-state index in [9.17, 15) is 8.42 Å². The van der Waals surface area contributed by atoms with Gasteiger partial charge < -0.3 is 0 Å². The molecule has 0 saturated heterocycles. The van der Waals surface area contributed by atoms with Gasteiger partial charge in [-0.25, -0.2) is 0 Å². The summed E-state index contributed by atoms with van der Waals surface area (Å²) in [5, 5.41) is 0. The molecule has 1 aromatic carbocycles. The summed E-state index contributed by atoms with van der Waals surface area (Å²) >= 11 is 0. The Bertz CT molecular complexity index is 431. The molecule has 0 spiro atoms. The minimum absolute atomic E-state index is 0.254. The van der Waals surface area contributed by atoms with Crippen molar-refractivity contribution in [2.75, 3.05) is 26.0 Å². The third-order valence-corrected chi connectivity index (χ3v) is 3.21. The van der Waals surface area contributed by atoms with Crippen molar-refractivity contribution in [2.24, 2.45) is 0 Å². The lowest BCUT2D eigenvalue weighted by atomic mass is 10.2. The van der Waals surface area contributed by atoms with E-state index in [2.05, 4.69) is 24.0 Å². The van der Waals surface area contributed by atoms with Crippen LogP contribution in [0.25, 0.3) is 0 Å². The first-order chi connectivity index (χ1) is 8.51. The molecule has 0 radical (unpaired) electrons. The number of hydrogen-bond donors (Lipinski definition) is 0. The van der Waals surface area contributed by atoms with Gasteiger partial charge in [0.1, 0.15) is 0 Å². The van der Waals surface area contributed by atoms with E-state index >= 15 is 0 Å². The van der Waals surface area contributed by atoms with Crippen LogP contribution in [0.4, 0.5) is 0 Å². The molecule has 0 unspecified atom stereocenters. The van der Waals surface area contributed by atoms with E-state index in [-0.39, 0.29) is 6.61 Å². The molecule has 0 bridgehead atoms. The molecule has 0 amide bonds. The van der Waals surface area contributed by atoms with Crippen molar-refractivity contribution in [1.29, 1.82) is 0 Å². The molecule has 102 valence electrons. The van der Waals surface area contributed by atoms with Crippen LogP contribution in [0, 0.1) is 0 Å². The second kappa shape index (κ2) is 7.51. The Kier molecular flexibility index (Phi) is 6.32. The van der Waals surface area contributed by atoms with Crippen LogP contribution in [0.5, 0.6) is 0 Å². The van der Waals surface area contributed by atoms with Crippen molar-refractivity contribution in [3.63, 3.8) is 0 Å². The summed E-state index contributed by atoms with van der Waals surface area (Å²) in [4.78, 5) is 2.26. The summed E-state index contributed by atoms with van der Waals surface area (Å²) in [5.74, 6) is 0. The first kappa shape index (κ1) is 15.1. The van der Waals surface area contributed by atoms with Crippen LogP contribution in [-0.2, 0) is 20.8 Å². The van der Waals surface area contributed by atoms with Crippen molar-refractivity contribution in [2.45, 2.75) is 19.9 Å². The zero-order valence-corrected chi connectivity index (χ0v) is 11.8. The van der Waals surface area contributed by atoms with Crippen LogP contribution in [0.2, 0.25) is 0 Å². The summed E-state index contributed by atoms with van der Waals surface area (Å²) < 4.78 is 26.3. The van der Waals surface area contributed by atoms with E-state index < -0.39 is 10.1 Å². The van der Waals surface area contributed by atoms with E-state index in [1.54, 1.807) is 0 Å². The third-order valence-electron chi connectivity index (χ3n) is 2.61. The van der Waals surface area contributed by atoms with Crippen molar-refractivity contribution in [1.82, 2.24) is 4.90 Å². The van der Waals surface area contributed by atoms with Gasteiger partial charge in [0.25, 0.3) is 10.1 Å². The van der Waals surface area contributed by atoms with Crippen molar-refractivity contribution in [3.05, 3.63) is 35.9 Å². The van der Waals surface area contributed by atoms with Crippen LogP contribution in [0.15, 0.2) is 30.3 Å². The molecule has 5 heteroatoms. The Morgan fingerprint density at radius 2 is 1.89 bits per heavy atom. The lowest BCUT2D eigenvalue weighted by Gasteiger charge is -2.20. The lowest BCUT2D eigenvalue weighted by Crippen LogP contribution is -2.25. The summed E-state index contributed by atoms with van der Waals surface area (Å²) in [6, 6.07) is 10.2. The third kappa shape index (κ3) is 6.74. The van der Waals surface area contributed by atoms with Gasteiger partial charge in [-0.15, -0.1) is 0 Å². The molecule has 0 N–H and O–H groups in total. The van der Waals surface area contributed by atoms with Gasteiger partial charge in [-0.1, -0.05) is 37.3 Å². The molecule has 4 nitrogen and oxygen atoms in total. The lowest BCUT2D eigenvalue weighted by molar-refractivity contribution is 0.239. The van der Waals surface area contributed by atoms with Crippen LogP contribution < -0.4 is 0 Å². The van der Waals surface area contributed by atoms with E-state index in [0.29, 0.717) is 6.42 Å². The monoisotopic (exact) mass is 271 g/mol. The minimum Gasteiger partial charge on any atom is -0.299 e. The highest BCUT2D eigenvalue weighted by atomic mass is 32.2. The highest BCUT2D eigenvalue weighted by Crippen LogP contribution is 2.05. The molecule has 18 heavy (non-hydrogen) atoms. The van der Waals surface area contributed by atoms with Gasteiger partial charge in [-0.2, -0.15) is 8.42 Å². The van der Waals surface area contributed by atoms with Crippen molar-refractivity contribution < 1.29 is 12.6 Å². The molecule has 0 aliphatic carbocycles. The molecular weight excluding hydrogens is 250 g/mol. The van der Waals surface area contributed by atoms with Crippen molar-refractivity contribution >= 4 is 10.1 Å². The van der Waals surface area contributed by atoms with Gasteiger partial charge in [0.15, 0.2) is 0 Å². The van der Waals surface area contributed by atoms with Crippen LogP contribution >= 0.6 is 0 Å². The number of hydrogen-bond acceptors (Lipinski definition) is 4. The van der Waals surface area contributed by atoms with E-state index in [1.807, 2.05) is 18.2 Å². The molecule has 1 aromatic rings. The number of nitrogens with zero attached hydrogens (tertiary/aromatic N) is 1. The van der Waals surface area contributed by atoms with E-state index in [0.717, 1.165) is 25.9 Å². The Morgan fingerprint density at radius 1 is 1.22 bits per heavy atom. The van der Waals surface area contributed by atoms with Crippen LogP contribution in [-0.4, -0.2) is 39.3 Å². The van der Waals surface area contributed by atoms with Crippen molar-refractivity contribution in [3.8, 4) is 0 Å². The zero-order valence-electron chi connectivity index (χ0n) is 11.0. The largest absolute Gasteiger partial charge is 0.299 e. The maximum Gasteiger partial charge on any atom is 0.264 e. The second-order valence-electron chi connectivity index (χ2n) is 4.23. The average Bonchev–Trinajstić information content (AvgIpc) is 2.33. The normalized spacial score (nSPS) is 11.9. The Morgan fingerprint density at radius 3 is 2.44 bits per heavy atom. The summed E-state index contributed by atoms with van der Waals surface area (Å²) in [6.45, 7) is 5.01. The number of benzene rings is 1. The highest BCUT2D eigenvalue weighted by molar-refractivity contribution is 7.85. The maximum absolute atomic E-state index is 10.8. The fraction of sp³-hybridized carbons (Fsp3) is 0.538. The molecule has 0 atom stereocenters. The molecule has 0 aliphatic heterocycles. The number of rotatable bonds is 8. The van der Waals surface area contributed by atoms with E-state index in [4.69, 9.17) is 4.18 Å². The Hall–Kier alpha value is -0.910. The highest BCUT2D eigenvalue weighted by Gasteiger charge is 2.05. The van der Waals surface area contributed by atoms with Gasteiger partial charge >= 0.3 is 0 Å². The fourth-order valence-electron chi connectivity index (χ4n) is 1.69. The topological polar surface area (TPSA) is 46.6 Å². The maximum atomic E-state index is 10.8. The molecular formula is C13H21NO3S. The van der Waals surface area contributed by atoms with Gasteiger partial charge in [-0.05, 0) is 18.5 Å². The first-order valence-corrected chi connectivity index (χ1v) is 7.93. The molecule has 0 aromatic heterocycles. The van der Waals surface area contributed by atoms with Gasteiger partial charge in [0.05, 0.1) is 12.9 Å². The minimum atomic E-state index is -3.31. The fourth-order valence-corrected chi connectivity index (χ4v) is 2.11. The summed E-state index contributed by atoms with van der Waals surface area (Å²) in [7, 11) is -3.31. The summed E-state index contributed by atoms with van der Waals surface area (Å²) in [5.41, 5.74) is 1.27. The van der Waals surface area contributed by atoms with E-state index in [1.165, 1.54) is 5.56 Å². The molecule has 1 rings (SSSR count). The predicted octanol–water partition coefficient (Wildman–Crippen LogP) is 1.87. The average molecular weight is 271 g/mol. The Balaban J connectivity index is 2.30. The zero-order chi connectivity index (χ0) is 13.4. The SMILES string of the molecule is CCN(CCCOS(C)(=O)=O)Cc1ccccc1. The molecule has 0 saturated carbocycles. The first-order valence-electron chi connectivity index (χ1n) is 6.12. The van der Waals surface area contributed by atoms with Gasteiger partial charge in [0.2, 0.25) is 0 Å². The standard InChI is InChI=1S/C13H21NO3S/c1-3-14(10-7-11-17-18(2,15)16)12-13-8-5-4-6-9-13/h4-6,8-9H,3,7,10-12H2,1-2H3. The van der Waals surface area contributed by atoms with Crippen LogP contribution in [0.1, 0.15) is 18.9 Å². The van der Waals surface area contributed by atoms with Gasteiger partial charge in [-0.3, -0.25) is 9.08 Å². The molecule has 0 heterocycles. The van der Waals surface area contributed by atoms with Crippen LogP contribution in [0.3, 0.4) is 0 Å². The quantitative estimate of drug-likeness (QED) is 0.535. The second-order valence-corrected chi connectivity index (χ2v) is 5.88. The predicted molar refractivity (Wildman–Crippen MR) is 72.8 cm³/mol. The summed E-state index contributed by atoms with van der Waals surface area (Å²) in [6.07, 6.45) is 1.79. The molecule has 0 fully saturated rings. The Labute approximate surface area is 110 Å². The smallest absolute Gasteiger partial charge is 0.264 e. The molecule has 0 aliphatic rings.